The van der Waals surface area contributed by atoms with Crippen molar-refractivity contribution in [1.82, 2.24) is 9.21 Å². The number of halogens is 3. The molecule has 0 bridgehead atoms. The molecule has 1 atom stereocenters. The van der Waals surface area contributed by atoms with Crippen LogP contribution in [0.15, 0.2) is 29.2 Å². The Hall–Kier alpha value is -1.65. The number of carbonyl (C=O) groups is 1. The molecule has 10 heteroatoms. The fraction of sp³-hybridized carbons (Fsp3) is 0.562. The van der Waals surface area contributed by atoms with Gasteiger partial charge in [0.1, 0.15) is 6.10 Å². The van der Waals surface area contributed by atoms with Gasteiger partial charge in [-0.2, -0.15) is 17.5 Å². The molecule has 0 spiro atoms. The van der Waals surface area contributed by atoms with Crippen LogP contribution >= 0.6 is 0 Å². The maximum absolute atomic E-state index is 13.1. The van der Waals surface area contributed by atoms with Crippen LogP contribution in [0.4, 0.5) is 13.2 Å². The number of rotatable bonds is 3. The van der Waals surface area contributed by atoms with E-state index in [-0.39, 0.29) is 32.1 Å². The van der Waals surface area contributed by atoms with Gasteiger partial charge in [-0.25, -0.2) is 8.42 Å². The van der Waals surface area contributed by atoms with Gasteiger partial charge in [-0.15, -0.1) is 0 Å². The lowest BCUT2D eigenvalue weighted by atomic mass is 10.2. The molecule has 2 aliphatic heterocycles. The number of carbonyl (C=O) groups excluding carboxylic acids is 1. The highest BCUT2D eigenvalue weighted by Crippen LogP contribution is 2.35. The van der Waals surface area contributed by atoms with Crippen LogP contribution < -0.4 is 0 Å². The van der Waals surface area contributed by atoms with Gasteiger partial charge in [0, 0.05) is 32.8 Å². The van der Waals surface area contributed by atoms with E-state index >= 15 is 0 Å². The third-order valence-electron chi connectivity index (χ3n) is 4.57. The van der Waals surface area contributed by atoms with E-state index in [1.807, 2.05) is 0 Å². The normalized spacial score (nSPS) is 22.6. The minimum atomic E-state index is -4.76. The summed E-state index contributed by atoms with van der Waals surface area (Å²) in [7, 11) is -4.30. The van der Waals surface area contributed by atoms with E-state index in [0.29, 0.717) is 13.0 Å². The molecule has 0 aromatic heterocycles. The van der Waals surface area contributed by atoms with Crippen LogP contribution in [0, 0.1) is 0 Å². The number of piperazine rings is 1. The molecular weight excluding hydrogens is 373 g/mol. The Kier molecular flexibility index (Phi) is 5.27. The minimum absolute atomic E-state index is 0.0486. The molecule has 0 saturated carbocycles. The maximum atomic E-state index is 13.1. The van der Waals surface area contributed by atoms with Crippen molar-refractivity contribution >= 4 is 15.9 Å². The van der Waals surface area contributed by atoms with Crippen molar-refractivity contribution in [3.05, 3.63) is 29.8 Å². The van der Waals surface area contributed by atoms with Crippen LogP contribution in [0.3, 0.4) is 0 Å². The number of ether oxygens (including phenoxy) is 1. The molecule has 3 rings (SSSR count). The van der Waals surface area contributed by atoms with Crippen molar-refractivity contribution in [1.29, 1.82) is 0 Å². The van der Waals surface area contributed by atoms with Gasteiger partial charge in [-0.3, -0.25) is 4.79 Å². The number of nitrogens with zero attached hydrogens (tertiary/aromatic N) is 2. The van der Waals surface area contributed by atoms with E-state index < -0.39 is 32.8 Å². The van der Waals surface area contributed by atoms with E-state index in [4.69, 9.17) is 4.74 Å². The molecule has 2 saturated heterocycles. The van der Waals surface area contributed by atoms with E-state index in [1.165, 1.54) is 11.0 Å². The second kappa shape index (κ2) is 7.16. The van der Waals surface area contributed by atoms with Crippen molar-refractivity contribution in [3.8, 4) is 0 Å². The number of sulfonamides is 1. The molecule has 0 aliphatic carbocycles. The molecular formula is C16H19F3N2O4S. The lowest BCUT2D eigenvalue weighted by Gasteiger charge is -2.35. The molecule has 0 N–H and O–H groups in total. The lowest BCUT2D eigenvalue weighted by molar-refractivity contribution is -0.142. The first-order chi connectivity index (χ1) is 12.2. The number of hydrogen-bond donors (Lipinski definition) is 0. The zero-order valence-electron chi connectivity index (χ0n) is 13.9. The van der Waals surface area contributed by atoms with Gasteiger partial charge in [-0.05, 0) is 25.0 Å². The molecule has 0 unspecified atom stereocenters. The summed E-state index contributed by atoms with van der Waals surface area (Å²) >= 11 is 0. The van der Waals surface area contributed by atoms with E-state index in [9.17, 15) is 26.4 Å². The average Bonchev–Trinajstić information content (AvgIpc) is 3.15. The van der Waals surface area contributed by atoms with Crippen molar-refractivity contribution < 1.29 is 31.1 Å². The summed E-state index contributed by atoms with van der Waals surface area (Å²) in [6.07, 6.45) is -3.82. The Labute approximate surface area is 149 Å². The summed E-state index contributed by atoms with van der Waals surface area (Å²) in [6.45, 7) is 0.692. The fourth-order valence-corrected chi connectivity index (χ4v) is 4.82. The zero-order chi connectivity index (χ0) is 18.9. The molecule has 0 radical (unpaired) electrons. The van der Waals surface area contributed by atoms with Crippen molar-refractivity contribution in [2.75, 3.05) is 32.8 Å². The predicted octanol–water partition coefficient (Wildman–Crippen LogP) is 1.72. The van der Waals surface area contributed by atoms with E-state index in [2.05, 4.69) is 0 Å². The van der Waals surface area contributed by atoms with Crippen LogP contribution in [-0.4, -0.2) is 62.4 Å². The molecule has 1 amide bonds. The Morgan fingerprint density at radius 2 is 1.77 bits per heavy atom. The predicted molar refractivity (Wildman–Crippen MR) is 85.8 cm³/mol. The first kappa shape index (κ1) is 19.1. The van der Waals surface area contributed by atoms with Gasteiger partial charge in [-0.1, -0.05) is 12.1 Å². The van der Waals surface area contributed by atoms with Crippen LogP contribution in [0.1, 0.15) is 18.4 Å². The molecule has 2 heterocycles. The van der Waals surface area contributed by atoms with Gasteiger partial charge in [0.05, 0.1) is 10.5 Å². The monoisotopic (exact) mass is 392 g/mol. The second-order valence-electron chi connectivity index (χ2n) is 6.22. The third kappa shape index (κ3) is 3.72. The van der Waals surface area contributed by atoms with Gasteiger partial charge in [0.25, 0.3) is 5.91 Å². The van der Waals surface area contributed by atoms with Gasteiger partial charge in [0.15, 0.2) is 0 Å². The zero-order valence-corrected chi connectivity index (χ0v) is 14.7. The molecule has 144 valence electrons. The summed E-state index contributed by atoms with van der Waals surface area (Å²) in [6, 6.07) is 4.13. The molecule has 2 fully saturated rings. The molecule has 2 aliphatic rings. The van der Waals surface area contributed by atoms with Crippen molar-refractivity contribution in [3.63, 3.8) is 0 Å². The molecule has 26 heavy (non-hydrogen) atoms. The largest absolute Gasteiger partial charge is 0.417 e. The Morgan fingerprint density at radius 3 is 2.35 bits per heavy atom. The molecule has 1 aromatic rings. The standard InChI is InChI=1S/C16H19F3N2O4S/c17-16(18,19)12-4-1-2-6-14(12)26(23,24)21-9-7-20(8-10-21)15(22)13-5-3-11-25-13/h1-2,4,6,13H,3,5,7-11H2/t13-/m0/s1. The second-order valence-corrected chi connectivity index (χ2v) is 8.13. The first-order valence-electron chi connectivity index (χ1n) is 8.28. The third-order valence-corrected chi connectivity index (χ3v) is 6.52. The molecule has 6 nitrogen and oxygen atoms in total. The van der Waals surface area contributed by atoms with Crippen molar-refractivity contribution in [2.45, 2.75) is 30.0 Å². The highest BCUT2D eigenvalue weighted by molar-refractivity contribution is 7.89. The first-order valence-corrected chi connectivity index (χ1v) is 9.72. The summed E-state index contributed by atoms with van der Waals surface area (Å²) in [5, 5.41) is 0. The summed E-state index contributed by atoms with van der Waals surface area (Å²) in [5.41, 5.74) is -1.18. The number of hydrogen-bond acceptors (Lipinski definition) is 4. The highest BCUT2D eigenvalue weighted by Gasteiger charge is 2.40. The minimum Gasteiger partial charge on any atom is -0.368 e. The number of alkyl halides is 3. The van der Waals surface area contributed by atoms with Crippen LogP contribution in [0.5, 0.6) is 0 Å². The summed E-state index contributed by atoms with van der Waals surface area (Å²) in [5.74, 6) is -0.185. The topological polar surface area (TPSA) is 66.9 Å². The van der Waals surface area contributed by atoms with Crippen LogP contribution in [0.2, 0.25) is 0 Å². The summed E-state index contributed by atoms with van der Waals surface area (Å²) in [4.78, 5) is 13.1. The smallest absolute Gasteiger partial charge is 0.368 e. The SMILES string of the molecule is O=C([C@@H]1CCCO1)N1CCN(S(=O)(=O)c2ccccc2C(F)(F)F)CC1. The van der Waals surface area contributed by atoms with E-state index in [0.717, 1.165) is 28.9 Å². The van der Waals surface area contributed by atoms with E-state index in [1.54, 1.807) is 0 Å². The number of amides is 1. The Bertz CT molecular complexity index is 768. The van der Waals surface area contributed by atoms with Crippen molar-refractivity contribution in [2.24, 2.45) is 0 Å². The lowest BCUT2D eigenvalue weighted by Crippen LogP contribution is -2.52. The van der Waals surface area contributed by atoms with Crippen LogP contribution in [-0.2, 0) is 25.7 Å². The highest BCUT2D eigenvalue weighted by atomic mass is 32.2. The molecule has 1 aromatic carbocycles. The van der Waals surface area contributed by atoms with Gasteiger partial charge >= 0.3 is 6.18 Å². The Balaban J connectivity index is 1.74. The quantitative estimate of drug-likeness (QED) is 0.786. The average molecular weight is 392 g/mol. The van der Waals surface area contributed by atoms with Gasteiger partial charge < -0.3 is 9.64 Å². The maximum Gasteiger partial charge on any atom is 0.417 e. The van der Waals surface area contributed by atoms with Gasteiger partial charge in [0.2, 0.25) is 10.0 Å². The summed E-state index contributed by atoms with van der Waals surface area (Å²) < 4.78 is 71.1. The van der Waals surface area contributed by atoms with Crippen LogP contribution in [0.25, 0.3) is 0 Å². The fourth-order valence-electron chi connectivity index (χ4n) is 3.19. The Morgan fingerprint density at radius 1 is 1.12 bits per heavy atom. The number of benzene rings is 1.